The van der Waals surface area contributed by atoms with Gasteiger partial charge in [0.05, 0.1) is 46.1 Å². The Morgan fingerprint density at radius 1 is 0.581 bits per heavy atom. The number of fused-ring (bicyclic) bond motifs is 2. The third-order valence-electron chi connectivity index (χ3n) is 10.6. The summed E-state index contributed by atoms with van der Waals surface area (Å²) in [6.45, 7) is 1.19. The van der Waals surface area contributed by atoms with E-state index in [2.05, 4.69) is 0 Å². The lowest BCUT2D eigenvalue weighted by molar-refractivity contribution is -0.259. The number of benzene rings is 4. The number of hydrogen-bond acceptors (Lipinski definition) is 8. The molecule has 3 unspecified atom stereocenters. The van der Waals surface area contributed by atoms with Crippen LogP contribution >= 0.6 is 0 Å². The maximum Gasteiger partial charge on any atom is 0.421 e. The zero-order valence-electron chi connectivity index (χ0n) is 32.5. The molecule has 22 heteroatoms. The van der Waals surface area contributed by atoms with E-state index in [1.54, 1.807) is 0 Å². The number of aryl methyl sites for hydroxylation is 2. The fraction of sp³-hybridized carbons (Fsp3) is 0.350. The van der Waals surface area contributed by atoms with Crippen LogP contribution in [0.1, 0.15) is 61.8 Å². The Morgan fingerprint density at radius 3 is 1.16 bits per heavy atom. The number of alkyl halides is 6. The number of rotatable bonds is 10. The molecule has 0 saturated carbocycles. The number of carboxylic acids is 2. The van der Waals surface area contributed by atoms with Crippen molar-refractivity contribution in [1.29, 1.82) is 0 Å². The summed E-state index contributed by atoms with van der Waals surface area (Å²) in [5.41, 5.74) is -6.76. The number of aliphatic hydroxyl groups is 2. The van der Waals surface area contributed by atoms with Gasteiger partial charge in [-0.25, -0.2) is 25.6 Å². The van der Waals surface area contributed by atoms with Gasteiger partial charge in [-0.1, -0.05) is 24.3 Å². The molecule has 2 heterocycles. The van der Waals surface area contributed by atoms with Crippen LogP contribution in [-0.4, -0.2) is 73.6 Å². The van der Waals surface area contributed by atoms with E-state index in [1.165, 1.54) is 0 Å². The Bertz CT molecular complexity index is 2370. The summed E-state index contributed by atoms with van der Waals surface area (Å²) >= 11 is 0. The molecule has 4 aromatic carbocycles. The first-order chi connectivity index (χ1) is 28.5. The maximum absolute atomic E-state index is 13.3. The number of sulfonamides is 2. The SMILES string of the molecule is CC(O)(c1ccc2c(c1)CCC(CC(=O)O)N2S(=O)(=O)c1ccc(F)cc1)C(F)(F)F.CC(O)(c1ccc2c(c1)CC[C@@H](CC(=O)O)N2S(=O)(=O)c1ccc(F)cc1)C(F)(F)F. The zero-order valence-corrected chi connectivity index (χ0v) is 34.1. The summed E-state index contributed by atoms with van der Waals surface area (Å²) in [5, 5.41) is 38.3. The molecule has 12 nitrogen and oxygen atoms in total. The Morgan fingerprint density at radius 2 is 0.887 bits per heavy atom. The highest BCUT2D eigenvalue weighted by molar-refractivity contribution is 7.93. The van der Waals surface area contributed by atoms with Gasteiger partial charge in [0.2, 0.25) is 0 Å². The Kier molecular flexibility index (Phi) is 13.2. The minimum Gasteiger partial charge on any atom is -0.481 e. The molecule has 62 heavy (non-hydrogen) atoms. The second kappa shape index (κ2) is 17.1. The largest absolute Gasteiger partial charge is 0.481 e. The fourth-order valence-electron chi connectivity index (χ4n) is 7.07. The molecule has 4 atom stereocenters. The highest BCUT2D eigenvalue weighted by Gasteiger charge is 2.53. The highest BCUT2D eigenvalue weighted by atomic mass is 32.2. The van der Waals surface area contributed by atoms with Crippen LogP contribution in [0.2, 0.25) is 0 Å². The van der Waals surface area contributed by atoms with Crippen molar-refractivity contribution in [3.63, 3.8) is 0 Å². The van der Waals surface area contributed by atoms with Gasteiger partial charge in [0.25, 0.3) is 20.0 Å². The molecule has 336 valence electrons. The van der Waals surface area contributed by atoms with Gasteiger partial charge in [0.1, 0.15) is 11.6 Å². The topological polar surface area (TPSA) is 190 Å². The van der Waals surface area contributed by atoms with Gasteiger partial charge in [0.15, 0.2) is 11.2 Å². The van der Waals surface area contributed by atoms with Gasteiger partial charge in [-0.05, 0) is 122 Å². The van der Waals surface area contributed by atoms with E-state index in [-0.39, 0.29) is 58.0 Å². The maximum atomic E-state index is 13.3. The average molecular weight is 923 g/mol. The first-order valence-corrected chi connectivity index (χ1v) is 21.3. The fourth-order valence-corrected chi connectivity index (χ4v) is 10.5. The number of carboxylic acid groups (broad SMARTS) is 2. The average Bonchev–Trinajstić information content (AvgIpc) is 3.16. The van der Waals surface area contributed by atoms with Gasteiger partial charge in [-0.15, -0.1) is 0 Å². The molecule has 2 aliphatic heterocycles. The second-order valence-electron chi connectivity index (χ2n) is 14.9. The molecular formula is C40H38F8N2O10S2. The third-order valence-corrected chi connectivity index (χ3v) is 14.3. The van der Waals surface area contributed by atoms with Crippen molar-refractivity contribution in [2.45, 2.75) is 97.8 Å². The van der Waals surface area contributed by atoms with Crippen LogP contribution in [-0.2, 0) is 53.7 Å². The lowest BCUT2D eigenvalue weighted by Gasteiger charge is -2.38. The van der Waals surface area contributed by atoms with E-state index in [0.29, 0.717) is 13.8 Å². The van der Waals surface area contributed by atoms with Crippen molar-refractivity contribution in [2.75, 3.05) is 8.61 Å². The quantitative estimate of drug-likeness (QED) is 0.119. The van der Waals surface area contributed by atoms with Crippen molar-refractivity contribution < 1.29 is 82.0 Å². The lowest BCUT2D eigenvalue weighted by atomic mass is 9.89. The summed E-state index contributed by atoms with van der Waals surface area (Å²) in [6, 6.07) is 12.2. The van der Waals surface area contributed by atoms with E-state index in [0.717, 1.165) is 93.5 Å². The molecule has 4 N–H and O–H groups in total. The zero-order chi connectivity index (χ0) is 46.4. The summed E-state index contributed by atoms with van der Waals surface area (Å²) < 4.78 is 161. The number of carbonyl (C=O) groups is 2. The van der Waals surface area contributed by atoms with Crippen LogP contribution in [0.3, 0.4) is 0 Å². The van der Waals surface area contributed by atoms with Crippen molar-refractivity contribution in [3.05, 3.63) is 119 Å². The number of anilines is 2. The molecule has 0 radical (unpaired) electrons. The van der Waals surface area contributed by atoms with Crippen LogP contribution in [0, 0.1) is 11.6 Å². The van der Waals surface area contributed by atoms with Crippen LogP contribution in [0.4, 0.5) is 46.5 Å². The second-order valence-corrected chi connectivity index (χ2v) is 18.5. The summed E-state index contributed by atoms with van der Waals surface area (Å²) in [7, 11) is -8.69. The minimum absolute atomic E-state index is 0.0172. The standard InChI is InChI=1S/2C20H19F4NO5S/c2*1-19(28,20(22,23)24)13-3-9-17-12(10-13)2-6-15(11-18(26)27)25(17)31(29,30)16-7-4-14(21)5-8-16/h2*3-5,7-10,15,28H,2,6,11H2,1H3,(H,26,27)/t15-,19?;/m0./s1. The number of nitrogens with zero attached hydrogens (tertiary/aromatic N) is 2. The van der Waals surface area contributed by atoms with Gasteiger partial charge >= 0.3 is 24.3 Å². The monoisotopic (exact) mass is 922 g/mol. The van der Waals surface area contributed by atoms with Gasteiger partial charge in [-0.3, -0.25) is 18.2 Å². The summed E-state index contributed by atoms with van der Waals surface area (Å²) in [5.74, 6) is -3.83. The van der Waals surface area contributed by atoms with Crippen molar-refractivity contribution >= 4 is 43.4 Å². The molecular weight excluding hydrogens is 885 g/mol. The van der Waals surface area contributed by atoms with Crippen LogP contribution in [0.15, 0.2) is 94.7 Å². The van der Waals surface area contributed by atoms with Crippen molar-refractivity contribution in [2.24, 2.45) is 0 Å². The van der Waals surface area contributed by atoms with E-state index in [4.69, 9.17) is 0 Å². The normalized spacial score (nSPS) is 18.9. The molecule has 0 amide bonds. The van der Waals surface area contributed by atoms with Gasteiger partial charge in [0, 0.05) is 0 Å². The molecule has 4 aromatic rings. The number of hydrogen-bond donors (Lipinski definition) is 4. The third kappa shape index (κ3) is 9.52. The van der Waals surface area contributed by atoms with Crippen LogP contribution in [0.25, 0.3) is 0 Å². The number of aliphatic carboxylic acids is 2. The molecule has 0 aliphatic carbocycles. The Balaban J connectivity index is 0.000000234. The minimum atomic E-state index is -4.96. The Labute approximate surface area is 349 Å². The van der Waals surface area contributed by atoms with Crippen molar-refractivity contribution in [1.82, 2.24) is 0 Å². The van der Waals surface area contributed by atoms with E-state index < -0.39 is 103 Å². The van der Waals surface area contributed by atoms with E-state index in [1.807, 2.05) is 0 Å². The molecule has 2 aliphatic rings. The predicted molar refractivity (Wildman–Crippen MR) is 205 cm³/mol. The molecule has 6 rings (SSSR count). The van der Waals surface area contributed by atoms with Gasteiger partial charge in [-0.2, -0.15) is 26.3 Å². The first-order valence-electron chi connectivity index (χ1n) is 18.4. The lowest BCUT2D eigenvalue weighted by Crippen LogP contribution is -2.45. The highest BCUT2D eigenvalue weighted by Crippen LogP contribution is 2.45. The molecule has 0 spiro atoms. The van der Waals surface area contributed by atoms with Gasteiger partial charge < -0.3 is 20.4 Å². The first kappa shape index (κ1) is 47.7. The smallest absolute Gasteiger partial charge is 0.421 e. The van der Waals surface area contributed by atoms with Crippen LogP contribution in [0.5, 0.6) is 0 Å². The molecule has 0 bridgehead atoms. The van der Waals surface area contributed by atoms with Crippen LogP contribution < -0.4 is 8.61 Å². The molecule has 0 aromatic heterocycles. The predicted octanol–water partition coefficient (Wildman–Crippen LogP) is 7.16. The molecule has 0 fully saturated rings. The van der Waals surface area contributed by atoms with Crippen molar-refractivity contribution in [3.8, 4) is 0 Å². The van der Waals surface area contributed by atoms with E-state index in [9.17, 15) is 82.0 Å². The summed E-state index contributed by atoms with van der Waals surface area (Å²) in [6.07, 6.45) is -10.7. The number of halogens is 8. The summed E-state index contributed by atoms with van der Waals surface area (Å²) in [4.78, 5) is 22.0. The molecule has 0 saturated heterocycles. The Hall–Kier alpha value is -5.32. The van der Waals surface area contributed by atoms with E-state index >= 15 is 0 Å².